The molecule has 1 aromatic heterocycles. The number of aromatic nitrogens is 1. The molecule has 4 heteroatoms. The van der Waals surface area contributed by atoms with Crippen molar-refractivity contribution < 1.29 is 9.90 Å². The van der Waals surface area contributed by atoms with Crippen LogP contribution in [-0.2, 0) is 6.42 Å². The van der Waals surface area contributed by atoms with Gasteiger partial charge in [-0.15, -0.1) is 0 Å². The normalized spacial score (nSPS) is 21.8. The molecule has 0 saturated heterocycles. The number of hydrogen-bond acceptors (Lipinski definition) is 2. The second kappa shape index (κ2) is 4.85. The number of aromatic carboxylic acids is 1. The smallest absolute Gasteiger partial charge is 0.336 e. The van der Waals surface area contributed by atoms with Crippen LogP contribution in [0.25, 0.3) is 10.9 Å². The second-order valence-electron chi connectivity index (χ2n) is 5.76. The van der Waals surface area contributed by atoms with Crippen molar-refractivity contribution in [1.29, 1.82) is 0 Å². The number of carboxylic acids is 1. The largest absolute Gasteiger partial charge is 0.478 e. The van der Waals surface area contributed by atoms with E-state index < -0.39 is 5.97 Å². The van der Waals surface area contributed by atoms with Crippen LogP contribution in [0.5, 0.6) is 0 Å². The van der Waals surface area contributed by atoms with Crippen molar-refractivity contribution in [1.82, 2.24) is 4.98 Å². The van der Waals surface area contributed by atoms with Gasteiger partial charge < -0.3 is 5.11 Å². The Morgan fingerprint density at radius 1 is 1.40 bits per heavy atom. The molecule has 1 aliphatic rings. The van der Waals surface area contributed by atoms with Crippen LogP contribution < -0.4 is 0 Å². The van der Waals surface area contributed by atoms with Crippen LogP contribution in [-0.4, -0.2) is 16.1 Å². The van der Waals surface area contributed by atoms with E-state index in [9.17, 15) is 9.90 Å². The fourth-order valence-electron chi connectivity index (χ4n) is 3.36. The minimum absolute atomic E-state index is 0.250. The van der Waals surface area contributed by atoms with E-state index in [2.05, 4.69) is 29.8 Å². The molecular formula is C16H16BrNO2. The highest BCUT2D eigenvalue weighted by atomic mass is 79.9. The quantitative estimate of drug-likeness (QED) is 0.842. The number of benzene rings is 1. The second-order valence-corrected chi connectivity index (χ2v) is 6.68. The molecule has 2 atom stereocenters. The Morgan fingerprint density at radius 3 is 2.85 bits per heavy atom. The third kappa shape index (κ3) is 2.12. The number of nitrogens with zero attached hydrogens (tertiary/aromatic N) is 1. The van der Waals surface area contributed by atoms with Crippen LogP contribution >= 0.6 is 15.9 Å². The fraction of sp³-hybridized carbons (Fsp3) is 0.375. The zero-order valence-corrected chi connectivity index (χ0v) is 13.1. The Hall–Kier alpha value is -1.42. The first-order valence-electron chi connectivity index (χ1n) is 6.82. The summed E-state index contributed by atoms with van der Waals surface area (Å²) in [5, 5.41) is 10.4. The topological polar surface area (TPSA) is 50.2 Å². The molecule has 0 aliphatic heterocycles. The number of pyridine rings is 1. The van der Waals surface area contributed by atoms with E-state index in [0.29, 0.717) is 11.5 Å². The van der Waals surface area contributed by atoms with Gasteiger partial charge in [-0.05, 0) is 42.4 Å². The lowest BCUT2D eigenvalue weighted by molar-refractivity contribution is 0.0696. The van der Waals surface area contributed by atoms with Gasteiger partial charge >= 0.3 is 5.97 Å². The van der Waals surface area contributed by atoms with Gasteiger partial charge in [0.05, 0.1) is 11.1 Å². The van der Waals surface area contributed by atoms with Gasteiger partial charge in [-0.3, -0.25) is 4.98 Å². The summed E-state index contributed by atoms with van der Waals surface area (Å²) in [6.45, 7) is 4.31. The van der Waals surface area contributed by atoms with Crippen LogP contribution in [0.2, 0.25) is 0 Å². The summed E-state index contributed by atoms with van der Waals surface area (Å²) in [5.41, 5.74) is 3.10. The summed E-state index contributed by atoms with van der Waals surface area (Å²) < 4.78 is 0.922. The van der Waals surface area contributed by atoms with Gasteiger partial charge in [0.1, 0.15) is 0 Å². The van der Waals surface area contributed by atoms with Gasteiger partial charge in [-0.25, -0.2) is 4.79 Å². The van der Waals surface area contributed by atoms with Gasteiger partial charge in [0, 0.05) is 15.6 Å². The lowest BCUT2D eigenvalue weighted by Crippen LogP contribution is -2.20. The highest BCUT2D eigenvalue weighted by molar-refractivity contribution is 9.10. The minimum Gasteiger partial charge on any atom is -0.478 e. The van der Waals surface area contributed by atoms with E-state index in [4.69, 9.17) is 4.98 Å². The average molecular weight is 334 g/mol. The van der Waals surface area contributed by atoms with Crippen molar-refractivity contribution in [3.63, 3.8) is 0 Å². The highest BCUT2D eigenvalue weighted by Crippen LogP contribution is 2.38. The molecule has 2 unspecified atom stereocenters. The van der Waals surface area contributed by atoms with E-state index in [1.807, 2.05) is 18.2 Å². The summed E-state index contributed by atoms with van der Waals surface area (Å²) in [6.07, 6.45) is 1.89. The van der Waals surface area contributed by atoms with Gasteiger partial charge in [0.25, 0.3) is 0 Å². The van der Waals surface area contributed by atoms with Gasteiger partial charge in [0.2, 0.25) is 0 Å². The SMILES string of the molecule is CC1Cc2nc3cc(Br)ccc3c(C(=O)O)c2C(C)C1. The molecule has 0 fully saturated rings. The third-order valence-electron chi connectivity index (χ3n) is 4.07. The van der Waals surface area contributed by atoms with E-state index >= 15 is 0 Å². The first-order valence-corrected chi connectivity index (χ1v) is 7.62. The Labute approximate surface area is 126 Å². The first-order chi connectivity index (χ1) is 9.47. The fourth-order valence-corrected chi connectivity index (χ4v) is 3.70. The Balaban J connectivity index is 2.39. The van der Waals surface area contributed by atoms with E-state index in [-0.39, 0.29) is 5.92 Å². The molecule has 0 saturated carbocycles. The number of fused-ring (bicyclic) bond motifs is 2. The Bertz CT molecular complexity index is 711. The maximum absolute atomic E-state index is 11.8. The molecule has 0 bridgehead atoms. The van der Waals surface area contributed by atoms with E-state index in [1.165, 1.54) is 0 Å². The molecule has 3 nitrogen and oxygen atoms in total. The third-order valence-corrected chi connectivity index (χ3v) is 4.56. The summed E-state index contributed by atoms with van der Waals surface area (Å²) in [4.78, 5) is 16.5. The monoisotopic (exact) mass is 333 g/mol. The van der Waals surface area contributed by atoms with Crippen molar-refractivity contribution in [2.75, 3.05) is 0 Å². The molecular weight excluding hydrogens is 318 g/mol. The molecule has 1 N–H and O–H groups in total. The van der Waals surface area contributed by atoms with Crippen molar-refractivity contribution in [2.24, 2.45) is 5.92 Å². The number of rotatable bonds is 1. The van der Waals surface area contributed by atoms with Crippen LogP contribution in [0.3, 0.4) is 0 Å². The molecule has 3 rings (SSSR count). The van der Waals surface area contributed by atoms with E-state index in [0.717, 1.165) is 39.5 Å². The molecule has 1 heterocycles. The molecule has 20 heavy (non-hydrogen) atoms. The predicted molar refractivity (Wildman–Crippen MR) is 82.3 cm³/mol. The van der Waals surface area contributed by atoms with Crippen LogP contribution in [0.1, 0.15) is 47.8 Å². The van der Waals surface area contributed by atoms with Gasteiger partial charge in [-0.2, -0.15) is 0 Å². The summed E-state index contributed by atoms with van der Waals surface area (Å²) in [6, 6.07) is 5.62. The molecule has 0 amide bonds. The molecule has 0 spiro atoms. The summed E-state index contributed by atoms with van der Waals surface area (Å²) in [7, 11) is 0. The zero-order chi connectivity index (χ0) is 14.4. The molecule has 1 aliphatic carbocycles. The molecule has 0 radical (unpaired) electrons. The Morgan fingerprint density at radius 2 is 2.15 bits per heavy atom. The molecule has 2 aromatic rings. The van der Waals surface area contributed by atoms with E-state index in [1.54, 1.807) is 0 Å². The lowest BCUT2D eigenvalue weighted by Gasteiger charge is -2.28. The van der Waals surface area contributed by atoms with Crippen molar-refractivity contribution >= 4 is 32.8 Å². The Kier molecular flexibility index (Phi) is 3.28. The summed E-state index contributed by atoms with van der Waals surface area (Å²) in [5.74, 6) is -0.0472. The van der Waals surface area contributed by atoms with Crippen molar-refractivity contribution in [3.05, 3.63) is 39.5 Å². The van der Waals surface area contributed by atoms with Crippen LogP contribution in [0, 0.1) is 5.92 Å². The van der Waals surface area contributed by atoms with Gasteiger partial charge in [-0.1, -0.05) is 35.8 Å². The van der Waals surface area contributed by atoms with Gasteiger partial charge in [0.15, 0.2) is 0 Å². The van der Waals surface area contributed by atoms with Crippen LogP contribution in [0.4, 0.5) is 0 Å². The predicted octanol–water partition coefficient (Wildman–Crippen LogP) is 4.38. The first kappa shape index (κ1) is 13.6. The van der Waals surface area contributed by atoms with Crippen molar-refractivity contribution in [3.8, 4) is 0 Å². The minimum atomic E-state index is -0.850. The maximum Gasteiger partial charge on any atom is 0.336 e. The van der Waals surface area contributed by atoms with Crippen molar-refractivity contribution in [2.45, 2.75) is 32.6 Å². The molecule has 104 valence electrons. The number of carbonyl (C=O) groups is 1. The standard InChI is InChI=1S/C16H16BrNO2/c1-8-5-9(2)14-13(6-8)18-12-7-10(17)3-4-11(12)15(14)16(19)20/h3-4,7-9H,5-6H2,1-2H3,(H,19,20). The number of carboxylic acid groups (broad SMARTS) is 1. The molecule has 1 aromatic carbocycles. The summed E-state index contributed by atoms with van der Waals surface area (Å²) >= 11 is 3.43. The zero-order valence-electron chi connectivity index (χ0n) is 11.5. The number of halogens is 1. The maximum atomic E-state index is 11.8. The highest BCUT2D eigenvalue weighted by Gasteiger charge is 2.29. The lowest BCUT2D eigenvalue weighted by atomic mass is 9.78. The average Bonchev–Trinajstić information content (AvgIpc) is 2.35. The van der Waals surface area contributed by atoms with Crippen LogP contribution in [0.15, 0.2) is 22.7 Å². The number of hydrogen-bond donors (Lipinski definition) is 1.